The van der Waals surface area contributed by atoms with Crippen LogP contribution in [0.4, 0.5) is 0 Å². The van der Waals surface area contributed by atoms with Crippen LogP contribution >= 0.6 is 0 Å². The van der Waals surface area contributed by atoms with Crippen LogP contribution in [-0.4, -0.2) is 30.1 Å². The standard InChI is InChI=1S/C7H14O2.C6H12O2/c1-6(8)5-7(2,3)9-4;1-5(7)8-6(2,3)4/h5H2,1-4H3;1-4H3. The molecule has 0 saturated heterocycles. The zero-order chi connectivity index (χ0) is 14.3. The van der Waals surface area contributed by atoms with Gasteiger partial charge in [-0.05, 0) is 41.5 Å². The highest BCUT2D eigenvalue weighted by Crippen LogP contribution is 2.12. The lowest BCUT2D eigenvalue weighted by Gasteiger charge is -2.20. The molecule has 0 aromatic carbocycles. The van der Waals surface area contributed by atoms with E-state index in [1.165, 1.54) is 6.92 Å². The molecule has 0 unspecified atom stereocenters. The lowest BCUT2D eigenvalue weighted by molar-refractivity contribution is -0.151. The molecule has 17 heavy (non-hydrogen) atoms. The Morgan fingerprint density at radius 3 is 1.47 bits per heavy atom. The quantitative estimate of drug-likeness (QED) is 0.718. The van der Waals surface area contributed by atoms with Crippen molar-refractivity contribution in [2.24, 2.45) is 0 Å². The van der Waals surface area contributed by atoms with E-state index in [9.17, 15) is 9.59 Å². The van der Waals surface area contributed by atoms with Crippen molar-refractivity contribution in [2.45, 2.75) is 66.1 Å². The first-order chi connectivity index (χ1) is 7.39. The third-order valence-electron chi connectivity index (χ3n) is 1.68. The lowest BCUT2D eigenvalue weighted by Crippen LogP contribution is -2.25. The van der Waals surface area contributed by atoms with E-state index >= 15 is 0 Å². The molecule has 4 nitrogen and oxygen atoms in total. The SMILES string of the molecule is CC(=O)OC(C)(C)C.COC(C)(C)CC(C)=O. The molecular formula is C13H26O4. The maximum Gasteiger partial charge on any atom is 0.303 e. The van der Waals surface area contributed by atoms with E-state index in [1.807, 2.05) is 34.6 Å². The topological polar surface area (TPSA) is 52.6 Å². The Kier molecular flexibility index (Phi) is 8.07. The van der Waals surface area contributed by atoms with E-state index in [0.717, 1.165) is 0 Å². The lowest BCUT2D eigenvalue weighted by atomic mass is 10.0. The van der Waals surface area contributed by atoms with Crippen molar-refractivity contribution in [1.29, 1.82) is 0 Å². The van der Waals surface area contributed by atoms with Crippen LogP contribution in [0.1, 0.15) is 54.9 Å². The van der Waals surface area contributed by atoms with Crippen LogP contribution in [0.25, 0.3) is 0 Å². The molecule has 0 amide bonds. The molecule has 0 fully saturated rings. The van der Waals surface area contributed by atoms with Gasteiger partial charge in [-0.2, -0.15) is 0 Å². The van der Waals surface area contributed by atoms with Gasteiger partial charge in [-0.1, -0.05) is 0 Å². The fourth-order valence-electron chi connectivity index (χ4n) is 1.10. The van der Waals surface area contributed by atoms with E-state index in [-0.39, 0.29) is 23.0 Å². The average Bonchev–Trinajstić information content (AvgIpc) is 1.97. The maximum absolute atomic E-state index is 10.5. The number of methoxy groups -OCH3 is 1. The molecular weight excluding hydrogens is 220 g/mol. The van der Waals surface area contributed by atoms with Gasteiger partial charge >= 0.3 is 5.97 Å². The summed E-state index contributed by atoms with van der Waals surface area (Å²) in [6.07, 6.45) is 0.490. The van der Waals surface area contributed by atoms with Gasteiger partial charge in [-0.3, -0.25) is 9.59 Å². The summed E-state index contributed by atoms with van der Waals surface area (Å²) in [4.78, 5) is 20.8. The summed E-state index contributed by atoms with van der Waals surface area (Å²) in [5, 5.41) is 0. The Bertz CT molecular complexity index is 249. The highest BCUT2D eigenvalue weighted by atomic mass is 16.6. The van der Waals surface area contributed by atoms with Crippen molar-refractivity contribution in [3.05, 3.63) is 0 Å². The second kappa shape index (κ2) is 7.43. The Hall–Kier alpha value is -0.900. The number of Topliss-reactive ketones (excluding diaryl/α,β-unsaturated/α-hetero) is 1. The molecule has 0 spiro atoms. The second-order valence-corrected chi connectivity index (χ2v) is 5.55. The number of hydrogen-bond donors (Lipinski definition) is 0. The Morgan fingerprint density at radius 1 is 1.00 bits per heavy atom. The summed E-state index contributed by atoms with van der Waals surface area (Å²) in [6, 6.07) is 0. The summed E-state index contributed by atoms with van der Waals surface area (Å²) in [6.45, 7) is 12.3. The monoisotopic (exact) mass is 246 g/mol. The molecule has 0 heterocycles. The summed E-state index contributed by atoms with van der Waals surface area (Å²) in [7, 11) is 1.61. The highest BCUT2D eigenvalue weighted by Gasteiger charge is 2.17. The van der Waals surface area contributed by atoms with Crippen molar-refractivity contribution in [3.63, 3.8) is 0 Å². The van der Waals surface area contributed by atoms with Gasteiger partial charge in [0.05, 0.1) is 5.60 Å². The van der Waals surface area contributed by atoms with Crippen LogP contribution in [0.15, 0.2) is 0 Å². The summed E-state index contributed by atoms with van der Waals surface area (Å²) < 4.78 is 9.83. The zero-order valence-electron chi connectivity index (χ0n) is 12.3. The molecule has 0 aliphatic rings. The van der Waals surface area contributed by atoms with E-state index in [1.54, 1.807) is 14.0 Å². The van der Waals surface area contributed by atoms with Gasteiger partial charge in [0.15, 0.2) is 0 Å². The molecule has 0 rings (SSSR count). The Labute approximate surface area is 105 Å². The molecule has 0 saturated carbocycles. The summed E-state index contributed by atoms with van der Waals surface area (Å²) in [5.74, 6) is -0.0562. The fraction of sp³-hybridized carbons (Fsp3) is 0.846. The first kappa shape index (κ1) is 18.5. The first-order valence-corrected chi connectivity index (χ1v) is 5.64. The summed E-state index contributed by atoms with van der Waals surface area (Å²) >= 11 is 0. The van der Waals surface area contributed by atoms with Gasteiger partial charge in [0.1, 0.15) is 11.4 Å². The third kappa shape index (κ3) is 17.7. The van der Waals surface area contributed by atoms with Crippen molar-refractivity contribution in [1.82, 2.24) is 0 Å². The van der Waals surface area contributed by atoms with Gasteiger partial charge in [0.25, 0.3) is 0 Å². The maximum atomic E-state index is 10.5. The molecule has 0 aromatic rings. The van der Waals surface area contributed by atoms with Crippen LogP contribution in [0.5, 0.6) is 0 Å². The Morgan fingerprint density at radius 2 is 1.41 bits per heavy atom. The normalized spacial score (nSPS) is 11.3. The molecule has 0 aromatic heterocycles. The van der Waals surface area contributed by atoms with Crippen LogP contribution in [0.2, 0.25) is 0 Å². The van der Waals surface area contributed by atoms with Crippen LogP contribution in [0, 0.1) is 0 Å². The molecule has 0 aliphatic carbocycles. The minimum absolute atomic E-state index is 0.168. The van der Waals surface area contributed by atoms with Gasteiger partial charge < -0.3 is 9.47 Å². The van der Waals surface area contributed by atoms with E-state index in [2.05, 4.69) is 0 Å². The summed E-state index contributed by atoms with van der Waals surface area (Å²) in [5.41, 5.74) is -0.613. The van der Waals surface area contributed by atoms with Crippen molar-refractivity contribution >= 4 is 11.8 Å². The number of carbonyl (C=O) groups is 2. The number of ether oxygens (including phenoxy) is 2. The molecule has 102 valence electrons. The third-order valence-corrected chi connectivity index (χ3v) is 1.68. The number of esters is 1. The van der Waals surface area contributed by atoms with Gasteiger partial charge in [0, 0.05) is 20.5 Å². The van der Waals surface area contributed by atoms with Crippen molar-refractivity contribution < 1.29 is 19.1 Å². The number of hydrogen-bond acceptors (Lipinski definition) is 4. The predicted molar refractivity (Wildman–Crippen MR) is 67.9 cm³/mol. The minimum atomic E-state index is -0.328. The molecule has 0 atom stereocenters. The first-order valence-electron chi connectivity index (χ1n) is 5.64. The van der Waals surface area contributed by atoms with E-state index in [4.69, 9.17) is 9.47 Å². The van der Waals surface area contributed by atoms with Crippen molar-refractivity contribution in [3.8, 4) is 0 Å². The van der Waals surface area contributed by atoms with Gasteiger partial charge in [0.2, 0.25) is 0 Å². The molecule has 4 heteroatoms. The average molecular weight is 246 g/mol. The van der Waals surface area contributed by atoms with Crippen LogP contribution in [-0.2, 0) is 19.1 Å². The number of rotatable bonds is 3. The minimum Gasteiger partial charge on any atom is -0.460 e. The van der Waals surface area contributed by atoms with E-state index in [0.29, 0.717) is 6.42 Å². The second-order valence-electron chi connectivity index (χ2n) is 5.55. The Balaban J connectivity index is 0. The highest BCUT2D eigenvalue weighted by molar-refractivity contribution is 5.76. The number of carbonyl (C=O) groups excluding carboxylic acids is 2. The fourth-order valence-corrected chi connectivity index (χ4v) is 1.10. The van der Waals surface area contributed by atoms with Crippen LogP contribution < -0.4 is 0 Å². The van der Waals surface area contributed by atoms with Crippen LogP contribution in [0.3, 0.4) is 0 Å². The predicted octanol–water partition coefficient (Wildman–Crippen LogP) is 2.74. The largest absolute Gasteiger partial charge is 0.460 e. The molecule has 0 aliphatic heterocycles. The number of ketones is 1. The smallest absolute Gasteiger partial charge is 0.303 e. The zero-order valence-corrected chi connectivity index (χ0v) is 12.3. The van der Waals surface area contributed by atoms with Gasteiger partial charge in [-0.15, -0.1) is 0 Å². The van der Waals surface area contributed by atoms with Crippen molar-refractivity contribution in [2.75, 3.05) is 7.11 Å². The molecule has 0 bridgehead atoms. The molecule has 0 N–H and O–H groups in total. The van der Waals surface area contributed by atoms with E-state index < -0.39 is 0 Å². The van der Waals surface area contributed by atoms with Gasteiger partial charge in [-0.25, -0.2) is 0 Å². The molecule has 0 radical (unpaired) electrons.